The van der Waals surface area contributed by atoms with Crippen molar-refractivity contribution in [2.24, 2.45) is 11.1 Å². The number of rotatable bonds is 4. The number of halogens is 2. The quantitative estimate of drug-likeness (QED) is 0.743. The lowest BCUT2D eigenvalue weighted by atomic mass is 9.66. The fourth-order valence-electron chi connectivity index (χ4n) is 5.56. The Morgan fingerprint density at radius 1 is 1.33 bits per heavy atom. The summed E-state index contributed by atoms with van der Waals surface area (Å²) in [7, 11) is 0. The van der Waals surface area contributed by atoms with Crippen molar-refractivity contribution in [2.75, 3.05) is 6.61 Å². The molecule has 2 N–H and O–H groups in total. The Labute approximate surface area is 192 Å². The van der Waals surface area contributed by atoms with E-state index in [1.165, 1.54) is 5.69 Å². The van der Waals surface area contributed by atoms with Crippen LogP contribution >= 0.6 is 0 Å². The van der Waals surface area contributed by atoms with Crippen LogP contribution in [0.3, 0.4) is 0 Å². The van der Waals surface area contributed by atoms with E-state index in [1.54, 1.807) is 0 Å². The molecule has 3 heterocycles. The van der Waals surface area contributed by atoms with E-state index in [0.717, 1.165) is 36.3 Å². The average Bonchev–Trinajstić information content (AvgIpc) is 3.25. The predicted molar refractivity (Wildman–Crippen MR) is 118 cm³/mol. The van der Waals surface area contributed by atoms with Gasteiger partial charge in [-0.3, -0.25) is 4.90 Å². The molecule has 7 nitrogen and oxygen atoms in total. The Balaban J connectivity index is 1.69. The van der Waals surface area contributed by atoms with Crippen molar-refractivity contribution in [1.29, 1.82) is 0 Å². The molecule has 3 atom stereocenters. The molecular weight excluding hydrogens is 430 g/mol. The largest absolute Gasteiger partial charge is 0.443 e. The van der Waals surface area contributed by atoms with Crippen LogP contribution in [0.2, 0.25) is 0 Å². The number of hydrogen-bond donors (Lipinski definition) is 1. The van der Waals surface area contributed by atoms with Crippen LogP contribution < -0.4 is 5.73 Å². The van der Waals surface area contributed by atoms with Crippen LogP contribution in [-0.4, -0.2) is 39.3 Å². The monoisotopic (exact) mass is 462 g/mol. The molecule has 0 radical (unpaired) electrons. The molecule has 0 aliphatic carbocycles. The summed E-state index contributed by atoms with van der Waals surface area (Å²) in [4.78, 5) is 18.8. The Kier molecular flexibility index (Phi) is 5.99. The SMILES string of the molecule is CCn1c(C)nc2c1CN([C@H]1CO[C@@](c3cc(F)ccc3F)(C(C)(C)C)[C@@H](OC(N)=O)C1)C2. The van der Waals surface area contributed by atoms with Gasteiger partial charge in [0.2, 0.25) is 0 Å². The number of nitrogens with two attached hydrogens (primary N) is 1. The molecule has 33 heavy (non-hydrogen) atoms. The number of benzene rings is 1. The van der Waals surface area contributed by atoms with Gasteiger partial charge < -0.3 is 19.8 Å². The maximum absolute atomic E-state index is 15.1. The molecule has 0 unspecified atom stereocenters. The molecule has 1 fully saturated rings. The summed E-state index contributed by atoms with van der Waals surface area (Å²) in [5.74, 6) is -0.218. The first-order chi connectivity index (χ1) is 15.5. The Hall–Kier alpha value is -2.52. The second kappa shape index (κ2) is 8.36. The highest BCUT2D eigenvalue weighted by atomic mass is 19.1. The molecule has 2 aromatic rings. The molecule has 1 aromatic carbocycles. The zero-order chi connectivity index (χ0) is 24.1. The molecule has 2 aliphatic rings. The highest BCUT2D eigenvalue weighted by Crippen LogP contribution is 2.51. The molecule has 0 saturated carbocycles. The van der Waals surface area contributed by atoms with E-state index < -0.39 is 34.8 Å². The fourth-order valence-corrected chi connectivity index (χ4v) is 5.56. The van der Waals surface area contributed by atoms with Gasteiger partial charge in [-0.15, -0.1) is 0 Å². The molecule has 0 spiro atoms. The van der Waals surface area contributed by atoms with E-state index in [9.17, 15) is 9.18 Å². The van der Waals surface area contributed by atoms with Gasteiger partial charge in [0.25, 0.3) is 0 Å². The van der Waals surface area contributed by atoms with Gasteiger partial charge in [0.05, 0.1) is 18.0 Å². The van der Waals surface area contributed by atoms with E-state index in [4.69, 9.17) is 20.2 Å². The highest BCUT2D eigenvalue weighted by Gasteiger charge is 2.58. The van der Waals surface area contributed by atoms with Crippen molar-refractivity contribution in [2.45, 2.75) is 78.4 Å². The first kappa shape index (κ1) is 23.6. The number of primary amides is 1. The molecule has 1 amide bonds. The van der Waals surface area contributed by atoms with Gasteiger partial charge in [-0.05, 0) is 37.5 Å². The van der Waals surface area contributed by atoms with Crippen molar-refractivity contribution in [3.8, 4) is 0 Å². The normalized spacial score (nSPS) is 25.8. The molecule has 180 valence electrons. The van der Waals surface area contributed by atoms with Crippen molar-refractivity contribution in [1.82, 2.24) is 14.5 Å². The molecule has 0 bridgehead atoms. The first-order valence-corrected chi connectivity index (χ1v) is 11.3. The lowest BCUT2D eigenvalue weighted by Gasteiger charge is -2.53. The van der Waals surface area contributed by atoms with Crippen molar-refractivity contribution in [3.05, 3.63) is 52.6 Å². The number of carbonyl (C=O) groups excluding carboxylic acids is 1. The number of carbonyl (C=O) groups is 1. The summed E-state index contributed by atoms with van der Waals surface area (Å²) in [6.45, 7) is 12.1. The molecule has 1 aromatic heterocycles. The van der Waals surface area contributed by atoms with Gasteiger partial charge in [-0.25, -0.2) is 18.6 Å². The second-order valence-corrected chi connectivity index (χ2v) is 9.94. The van der Waals surface area contributed by atoms with Crippen LogP contribution in [0.5, 0.6) is 0 Å². The van der Waals surface area contributed by atoms with Gasteiger partial charge in [0, 0.05) is 37.7 Å². The minimum atomic E-state index is -1.41. The maximum Gasteiger partial charge on any atom is 0.404 e. The van der Waals surface area contributed by atoms with E-state index in [2.05, 4.69) is 16.4 Å². The number of ether oxygens (including phenoxy) is 2. The minimum absolute atomic E-state index is 0.0270. The zero-order valence-electron chi connectivity index (χ0n) is 19.8. The molecule has 1 saturated heterocycles. The summed E-state index contributed by atoms with van der Waals surface area (Å²) in [5.41, 5.74) is 5.51. The third-order valence-electron chi connectivity index (χ3n) is 7.03. The Morgan fingerprint density at radius 2 is 2.06 bits per heavy atom. The average molecular weight is 463 g/mol. The molecule has 2 aliphatic heterocycles. The summed E-state index contributed by atoms with van der Waals surface area (Å²) < 4.78 is 43.5. The van der Waals surface area contributed by atoms with Crippen molar-refractivity contribution < 1.29 is 23.0 Å². The number of amides is 1. The second-order valence-electron chi connectivity index (χ2n) is 9.94. The Morgan fingerprint density at radius 3 is 2.70 bits per heavy atom. The summed E-state index contributed by atoms with van der Waals surface area (Å²) >= 11 is 0. The van der Waals surface area contributed by atoms with E-state index >= 15 is 4.39 Å². The van der Waals surface area contributed by atoms with E-state index in [1.807, 2.05) is 27.7 Å². The lowest BCUT2D eigenvalue weighted by Crippen LogP contribution is -2.61. The third kappa shape index (κ3) is 3.91. The molecule has 4 rings (SSSR count). The third-order valence-corrected chi connectivity index (χ3v) is 7.03. The number of nitrogens with zero attached hydrogens (tertiary/aromatic N) is 3. The van der Waals surface area contributed by atoms with Crippen molar-refractivity contribution >= 4 is 6.09 Å². The minimum Gasteiger partial charge on any atom is -0.443 e. The van der Waals surface area contributed by atoms with Crippen LogP contribution in [0.25, 0.3) is 0 Å². The van der Waals surface area contributed by atoms with Gasteiger partial charge in [0.15, 0.2) is 0 Å². The van der Waals surface area contributed by atoms with E-state index in [0.29, 0.717) is 19.5 Å². The fraction of sp³-hybridized carbons (Fsp3) is 0.583. The molecular formula is C24H32F2N4O3. The van der Waals surface area contributed by atoms with Gasteiger partial charge in [0.1, 0.15) is 29.2 Å². The lowest BCUT2D eigenvalue weighted by molar-refractivity contribution is -0.231. The number of aryl methyl sites for hydroxylation is 1. The Bertz CT molecular complexity index is 1060. The van der Waals surface area contributed by atoms with Crippen LogP contribution in [0.1, 0.15) is 56.9 Å². The van der Waals surface area contributed by atoms with E-state index in [-0.39, 0.29) is 18.2 Å². The number of hydrogen-bond acceptors (Lipinski definition) is 5. The van der Waals surface area contributed by atoms with Crippen LogP contribution in [0.4, 0.5) is 13.6 Å². The number of aromatic nitrogens is 2. The summed E-state index contributed by atoms with van der Waals surface area (Å²) in [6, 6.07) is 3.15. The standard InChI is InChI=1S/C24H32F2N4O3/c1-6-30-14(2)28-19-11-29(12-20(19)30)16-10-21(33-22(27)31)24(32-13-16,23(3,4)5)17-9-15(25)7-8-18(17)26/h7-9,16,21H,6,10-13H2,1-5H3,(H2,27,31)/t16-,21+,24-/m1/s1. The number of fused-ring (bicyclic) bond motifs is 1. The smallest absolute Gasteiger partial charge is 0.404 e. The number of imidazole rings is 1. The van der Waals surface area contributed by atoms with Crippen LogP contribution in [0, 0.1) is 24.0 Å². The van der Waals surface area contributed by atoms with Crippen LogP contribution in [-0.2, 0) is 34.7 Å². The predicted octanol–water partition coefficient (Wildman–Crippen LogP) is 4.00. The topological polar surface area (TPSA) is 82.6 Å². The highest BCUT2D eigenvalue weighted by molar-refractivity contribution is 5.65. The summed E-state index contributed by atoms with van der Waals surface area (Å²) in [5, 5.41) is 0. The molecule has 9 heteroatoms. The van der Waals surface area contributed by atoms with Gasteiger partial charge in [-0.1, -0.05) is 20.8 Å². The maximum atomic E-state index is 15.1. The zero-order valence-corrected chi connectivity index (χ0v) is 19.8. The van der Waals surface area contributed by atoms with Gasteiger partial charge >= 0.3 is 6.09 Å². The van der Waals surface area contributed by atoms with Crippen molar-refractivity contribution in [3.63, 3.8) is 0 Å². The van der Waals surface area contributed by atoms with Crippen LogP contribution in [0.15, 0.2) is 18.2 Å². The first-order valence-electron chi connectivity index (χ1n) is 11.3. The van der Waals surface area contributed by atoms with Gasteiger partial charge in [-0.2, -0.15) is 0 Å². The summed E-state index contributed by atoms with van der Waals surface area (Å²) in [6.07, 6.45) is -1.52.